The van der Waals surface area contributed by atoms with Crippen LogP contribution in [0.3, 0.4) is 0 Å². The number of Topliss-reactive ketones (excluding diaryl/α,β-unsaturated/α-hetero) is 1. The summed E-state index contributed by atoms with van der Waals surface area (Å²) in [6.45, 7) is 1.29. The maximum absolute atomic E-state index is 12.3. The smallest absolute Gasteiger partial charge is 0.312 e. The number of aliphatic carboxylic acids is 1. The first kappa shape index (κ1) is 26.8. The second-order valence-electron chi connectivity index (χ2n) is 6.80. The zero-order valence-corrected chi connectivity index (χ0v) is 17.1. The molecule has 0 fully saturated rings. The maximum Gasteiger partial charge on any atom is 0.312 e. The molecule has 3 amide bonds. The molecule has 0 aromatic carbocycles. The van der Waals surface area contributed by atoms with Gasteiger partial charge in [0, 0.05) is 32.0 Å². The van der Waals surface area contributed by atoms with Crippen molar-refractivity contribution in [2.75, 3.05) is 32.7 Å². The Morgan fingerprint density at radius 1 is 0.967 bits per heavy atom. The van der Waals surface area contributed by atoms with Crippen LogP contribution < -0.4 is 22.9 Å². The minimum atomic E-state index is -1.34. The SMILES string of the molecule is C[C@H](N)CN(CC(=O)CCCN(CC(N)=O)C(=O)CC(=O)O)C(=O)CCN=C(N)N. The quantitative estimate of drug-likeness (QED) is 0.101. The van der Waals surface area contributed by atoms with Crippen molar-refractivity contribution in [3.05, 3.63) is 0 Å². The lowest BCUT2D eigenvalue weighted by Gasteiger charge is -2.24. The molecule has 0 spiro atoms. The third-order valence-electron chi connectivity index (χ3n) is 3.73. The minimum absolute atomic E-state index is 0.00620. The molecule has 30 heavy (non-hydrogen) atoms. The van der Waals surface area contributed by atoms with Gasteiger partial charge in [0.15, 0.2) is 11.7 Å². The molecule has 1 atom stereocenters. The summed E-state index contributed by atoms with van der Waals surface area (Å²) in [5.74, 6) is -3.67. The summed E-state index contributed by atoms with van der Waals surface area (Å²) in [6.07, 6.45) is -0.598. The number of carbonyl (C=O) groups is 5. The van der Waals surface area contributed by atoms with Gasteiger partial charge in [-0.1, -0.05) is 0 Å². The third kappa shape index (κ3) is 13.0. The Bertz CT molecular complexity index is 661. The third-order valence-corrected chi connectivity index (χ3v) is 3.73. The Hall–Kier alpha value is -3.22. The molecule has 170 valence electrons. The highest BCUT2D eigenvalue weighted by molar-refractivity contribution is 5.95. The number of nitrogens with zero attached hydrogens (tertiary/aromatic N) is 3. The van der Waals surface area contributed by atoms with Crippen molar-refractivity contribution >= 4 is 35.4 Å². The summed E-state index contributed by atoms with van der Waals surface area (Å²) in [7, 11) is 0. The van der Waals surface area contributed by atoms with Crippen molar-refractivity contribution in [3.63, 3.8) is 0 Å². The second-order valence-corrected chi connectivity index (χ2v) is 6.80. The number of carboxylic acids is 1. The van der Waals surface area contributed by atoms with E-state index in [4.69, 9.17) is 28.0 Å². The van der Waals surface area contributed by atoms with Gasteiger partial charge in [-0.25, -0.2) is 0 Å². The molecule has 0 aliphatic carbocycles. The summed E-state index contributed by atoms with van der Waals surface area (Å²) >= 11 is 0. The van der Waals surface area contributed by atoms with Crippen LogP contribution in [-0.2, 0) is 24.0 Å². The van der Waals surface area contributed by atoms with E-state index >= 15 is 0 Å². The monoisotopic (exact) mass is 429 g/mol. The van der Waals surface area contributed by atoms with Crippen LogP contribution in [0.5, 0.6) is 0 Å². The maximum atomic E-state index is 12.3. The topological polar surface area (TPSA) is 228 Å². The van der Waals surface area contributed by atoms with E-state index in [1.54, 1.807) is 6.92 Å². The molecule has 13 heteroatoms. The van der Waals surface area contributed by atoms with Crippen molar-refractivity contribution in [3.8, 4) is 0 Å². The van der Waals surface area contributed by atoms with Gasteiger partial charge in [0.1, 0.15) is 6.42 Å². The Morgan fingerprint density at radius 3 is 2.10 bits per heavy atom. The first-order valence-electron chi connectivity index (χ1n) is 9.30. The van der Waals surface area contributed by atoms with Crippen LogP contribution in [0.1, 0.15) is 32.6 Å². The lowest BCUT2D eigenvalue weighted by molar-refractivity contribution is -0.145. The van der Waals surface area contributed by atoms with Crippen LogP contribution in [0.4, 0.5) is 0 Å². The van der Waals surface area contributed by atoms with Crippen LogP contribution >= 0.6 is 0 Å². The summed E-state index contributed by atoms with van der Waals surface area (Å²) in [4.78, 5) is 64.2. The van der Waals surface area contributed by atoms with Crippen LogP contribution in [0.25, 0.3) is 0 Å². The number of primary amides is 1. The highest BCUT2D eigenvalue weighted by Crippen LogP contribution is 2.04. The molecule has 0 saturated carbocycles. The van der Waals surface area contributed by atoms with Crippen LogP contribution in [0.15, 0.2) is 4.99 Å². The molecule has 0 unspecified atom stereocenters. The summed E-state index contributed by atoms with van der Waals surface area (Å²) in [5.41, 5.74) is 21.2. The van der Waals surface area contributed by atoms with Gasteiger partial charge in [0.2, 0.25) is 17.7 Å². The Labute approximate surface area is 174 Å². The fourth-order valence-corrected chi connectivity index (χ4v) is 2.52. The molecule has 0 bridgehead atoms. The van der Waals surface area contributed by atoms with Gasteiger partial charge in [0.25, 0.3) is 0 Å². The van der Waals surface area contributed by atoms with Crippen molar-refractivity contribution in [2.24, 2.45) is 27.9 Å². The number of nitrogens with two attached hydrogens (primary N) is 4. The number of ketones is 1. The number of amides is 3. The van der Waals surface area contributed by atoms with E-state index in [0.717, 1.165) is 4.90 Å². The molecule has 0 heterocycles. The molecular weight excluding hydrogens is 398 g/mol. The molecule has 13 nitrogen and oxygen atoms in total. The molecule has 0 aliphatic heterocycles. The largest absolute Gasteiger partial charge is 0.481 e. The van der Waals surface area contributed by atoms with Crippen molar-refractivity contribution < 1.29 is 29.1 Å². The molecule has 9 N–H and O–H groups in total. The van der Waals surface area contributed by atoms with Gasteiger partial charge in [-0.3, -0.25) is 29.0 Å². The summed E-state index contributed by atoms with van der Waals surface area (Å²) < 4.78 is 0. The van der Waals surface area contributed by atoms with E-state index < -0.39 is 30.7 Å². The number of carboxylic acid groups (broad SMARTS) is 1. The average Bonchev–Trinajstić information content (AvgIpc) is 2.58. The number of hydrogen-bond donors (Lipinski definition) is 5. The Kier molecular flexibility index (Phi) is 12.4. The molecule has 0 radical (unpaired) electrons. The van der Waals surface area contributed by atoms with Gasteiger partial charge in [-0.2, -0.15) is 0 Å². The van der Waals surface area contributed by atoms with Crippen molar-refractivity contribution in [1.29, 1.82) is 0 Å². The average molecular weight is 429 g/mol. The molecule has 0 aromatic rings. The fraction of sp³-hybridized carbons (Fsp3) is 0.647. The minimum Gasteiger partial charge on any atom is -0.481 e. The van der Waals surface area contributed by atoms with E-state index in [-0.39, 0.29) is 69.1 Å². The number of carbonyl (C=O) groups excluding carboxylic acids is 4. The molecule has 0 aromatic heterocycles. The van der Waals surface area contributed by atoms with Crippen molar-refractivity contribution in [2.45, 2.75) is 38.6 Å². The Morgan fingerprint density at radius 2 is 1.60 bits per heavy atom. The lowest BCUT2D eigenvalue weighted by Crippen LogP contribution is -2.43. The van der Waals surface area contributed by atoms with Crippen LogP contribution in [-0.4, -0.2) is 89.1 Å². The van der Waals surface area contributed by atoms with Crippen LogP contribution in [0, 0.1) is 0 Å². The first-order chi connectivity index (χ1) is 13.9. The van der Waals surface area contributed by atoms with Crippen molar-refractivity contribution in [1.82, 2.24) is 9.80 Å². The van der Waals surface area contributed by atoms with E-state index in [1.165, 1.54) is 4.90 Å². The zero-order valence-electron chi connectivity index (χ0n) is 17.1. The van der Waals surface area contributed by atoms with Gasteiger partial charge in [-0.15, -0.1) is 0 Å². The predicted molar refractivity (Wildman–Crippen MR) is 108 cm³/mol. The normalized spacial score (nSPS) is 11.3. The van der Waals surface area contributed by atoms with E-state index in [9.17, 15) is 24.0 Å². The highest BCUT2D eigenvalue weighted by atomic mass is 16.4. The zero-order chi connectivity index (χ0) is 23.3. The van der Waals surface area contributed by atoms with Gasteiger partial charge in [0.05, 0.1) is 19.6 Å². The predicted octanol–water partition coefficient (Wildman–Crippen LogP) is -3.04. The number of guanidine groups is 1. The lowest BCUT2D eigenvalue weighted by atomic mass is 10.1. The van der Waals surface area contributed by atoms with Gasteiger partial charge < -0.3 is 37.8 Å². The first-order valence-corrected chi connectivity index (χ1v) is 9.30. The number of rotatable bonds is 15. The molecule has 0 aliphatic rings. The summed E-state index contributed by atoms with van der Waals surface area (Å²) in [5, 5.41) is 8.71. The van der Waals surface area contributed by atoms with E-state index in [0.29, 0.717) is 0 Å². The van der Waals surface area contributed by atoms with E-state index in [1.807, 2.05) is 0 Å². The van der Waals surface area contributed by atoms with E-state index in [2.05, 4.69) is 4.99 Å². The number of aliphatic imine (C=N–C) groups is 1. The number of hydrogen-bond acceptors (Lipinski definition) is 7. The van der Waals surface area contributed by atoms with Gasteiger partial charge in [-0.05, 0) is 13.3 Å². The molecule has 0 saturated heterocycles. The molecule has 0 rings (SSSR count). The standard InChI is InChI=1S/C17H31N7O6/c1-11(18)8-24(14(27)4-5-22-17(20)21)9-12(25)3-2-6-23(10-13(19)26)15(28)7-16(29)30/h11H,2-10,18H2,1H3,(H2,19,26)(H,29,30)(H4,20,21,22)/t11-/m0/s1. The highest BCUT2D eigenvalue weighted by Gasteiger charge is 2.21. The fourth-order valence-electron chi connectivity index (χ4n) is 2.52. The molecular formula is C17H31N7O6. The second kappa shape index (κ2) is 13.9. The summed E-state index contributed by atoms with van der Waals surface area (Å²) in [6, 6.07) is -0.357. The van der Waals surface area contributed by atoms with Gasteiger partial charge >= 0.3 is 5.97 Å². The van der Waals surface area contributed by atoms with Crippen LogP contribution in [0.2, 0.25) is 0 Å². The Balaban J connectivity index is 4.75.